The van der Waals surface area contributed by atoms with Gasteiger partial charge in [0, 0.05) is 18.7 Å². The summed E-state index contributed by atoms with van der Waals surface area (Å²) < 4.78 is 70.9. The van der Waals surface area contributed by atoms with Crippen molar-refractivity contribution in [3.63, 3.8) is 0 Å². The molecule has 0 spiro atoms. The summed E-state index contributed by atoms with van der Waals surface area (Å²) in [6.07, 6.45) is -3.09. The zero-order valence-electron chi connectivity index (χ0n) is 15.0. The first-order chi connectivity index (χ1) is 13.7. The number of hydrogen-bond donors (Lipinski definition) is 0. The standard InChI is InChI=1S/C18H16F3N3O3S2/c19-18(20,21)14-7-5-12(6-8-14)16-22-23-17(27-16)13-3-1-9-24(11-13)29(25,26)15-4-2-10-28-15/h2,4-8,10,13H,1,3,9,11H2. The maximum Gasteiger partial charge on any atom is 0.416 e. The molecule has 1 atom stereocenters. The van der Waals surface area contributed by atoms with Crippen LogP contribution in [-0.2, 0) is 16.2 Å². The van der Waals surface area contributed by atoms with Gasteiger partial charge >= 0.3 is 6.18 Å². The number of thiophene rings is 1. The molecule has 29 heavy (non-hydrogen) atoms. The van der Waals surface area contributed by atoms with Gasteiger partial charge in [0.25, 0.3) is 10.0 Å². The number of benzene rings is 1. The molecule has 154 valence electrons. The minimum atomic E-state index is -4.42. The molecular weight excluding hydrogens is 427 g/mol. The van der Waals surface area contributed by atoms with Crippen LogP contribution in [0.4, 0.5) is 13.2 Å². The van der Waals surface area contributed by atoms with Crippen molar-refractivity contribution in [2.75, 3.05) is 13.1 Å². The van der Waals surface area contributed by atoms with Gasteiger partial charge < -0.3 is 4.42 Å². The largest absolute Gasteiger partial charge is 0.420 e. The van der Waals surface area contributed by atoms with E-state index in [2.05, 4.69) is 10.2 Å². The predicted octanol–water partition coefficient (Wildman–Crippen LogP) is 4.39. The fourth-order valence-electron chi connectivity index (χ4n) is 3.22. The second-order valence-corrected chi connectivity index (χ2v) is 9.77. The van der Waals surface area contributed by atoms with Crippen LogP contribution in [0.2, 0.25) is 0 Å². The Bertz CT molecular complexity index is 1080. The lowest BCUT2D eigenvalue weighted by Crippen LogP contribution is -2.38. The van der Waals surface area contributed by atoms with Gasteiger partial charge in [0.15, 0.2) is 0 Å². The molecule has 0 aliphatic carbocycles. The minimum Gasteiger partial charge on any atom is -0.420 e. The van der Waals surface area contributed by atoms with Crippen LogP contribution in [-0.4, -0.2) is 36.0 Å². The molecule has 3 heterocycles. The number of rotatable bonds is 4. The smallest absolute Gasteiger partial charge is 0.416 e. The van der Waals surface area contributed by atoms with Gasteiger partial charge in [-0.25, -0.2) is 8.42 Å². The SMILES string of the molecule is O=S(=O)(c1cccs1)N1CCCC(c2nnc(-c3ccc(C(F)(F)F)cc3)o2)C1. The number of sulfonamides is 1. The highest BCUT2D eigenvalue weighted by molar-refractivity contribution is 7.91. The van der Waals surface area contributed by atoms with E-state index < -0.39 is 21.8 Å². The lowest BCUT2D eigenvalue weighted by molar-refractivity contribution is -0.137. The maximum atomic E-state index is 12.7. The molecule has 3 aromatic rings. The highest BCUT2D eigenvalue weighted by Crippen LogP contribution is 2.33. The molecule has 1 aliphatic heterocycles. The Morgan fingerprint density at radius 2 is 1.90 bits per heavy atom. The van der Waals surface area contributed by atoms with Crippen LogP contribution >= 0.6 is 11.3 Å². The maximum absolute atomic E-state index is 12.7. The second kappa shape index (κ2) is 7.54. The normalized spacial score (nSPS) is 18.8. The van der Waals surface area contributed by atoms with E-state index >= 15 is 0 Å². The summed E-state index contributed by atoms with van der Waals surface area (Å²) in [5, 5.41) is 9.65. The Morgan fingerprint density at radius 3 is 2.55 bits per heavy atom. The van der Waals surface area contributed by atoms with Gasteiger partial charge in [-0.15, -0.1) is 21.5 Å². The summed E-state index contributed by atoms with van der Waals surface area (Å²) in [7, 11) is -3.57. The molecular formula is C18H16F3N3O3S2. The van der Waals surface area contributed by atoms with Crippen molar-refractivity contribution < 1.29 is 26.0 Å². The van der Waals surface area contributed by atoms with Crippen molar-refractivity contribution in [1.82, 2.24) is 14.5 Å². The number of aromatic nitrogens is 2. The number of alkyl halides is 3. The van der Waals surface area contributed by atoms with Gasteiger partial charge in [-0.3, -0.25) is 0 Å². The molecule has 0 saturated carbocycles. The number of nitrogens with zero attached hydrogens (tertiary/aromatic N) is 3. The third-order valence-corrected chi connectivity index (χ3v) is 7.96. The summed E-state index contributed by atoms with van der Waals surface area (Å²) in [5.41, 5.74) is -0.390. The van der Waals surface area contributed by atoms with E-state index in [-0.39, 0.29) is 28.5 Å². The van der Waals surface area contributed by atoms with Crippen LogP contribution in [0.25, 0.3) is 11.5 Å². The molecule has 0 radical (unpaired) electrons. The lowest BCUT2D eigenvalue weighted by Gasteiger charge is -2.29. The quantitative estimate of drug-likeness (QED) is 0.598. The Hall–Kier alpha value is -2.24. The Labute approximate surface area is 169 Å². The van der Waals surface area contributed by atoms with Crippen LogP contribution in [0, 0.1) is 0 Å². The van der Waals surface area contributed by atoms with E-state index in [0.29, 0.717) is 24.9 Å². The third-order valence-electron chi connectivity index (χ3n) is 4.72. The highest BCUT2D eigenvalue weighted by atomic mass is 32.2. The van der Waals surface area contributed by atoms with Gasteiger partial charge in [0.1, 0.15) is 4.21 Å². The molecule has 1 fully saturated rings. The van der Waals surface area contributed by atoms with Gasteiger partial charge in [0.05, 0.1) is 11.5 Å². The van der Waals surface area contributed by atoms with Crippen LogP contribution in [0.3, 0.4) is 0 Å². The number of piperidine rings is 1. The summed E-state index contributed by atoms with van der Waals surface area (Å²) in [6, 6.07) is 7.71. The first kappa shape index (κ1) is 20.0. The van der Waals surface area contributed by atoms with Gasteiger partial charge in [-0.1, -0.05) is 6.07 Å². The average Bonchev–Trinajstić information content (AvgIpc) is 3.40. The highest BCUT2D eigenvalue weighted by Gasteiger charge is 2.34. The fraction of sp³-hybridized carbons (Fsp3) is 0.333. The molecule has 1 aliphatic rings. The van der Waals surface area contributed by atoms with E-state index in [1.54, 1.807) is 17.5 Å². The predicted molar refractivity (Wildman–Crippen MR) is 99.8 cm³/mol. The fourth-order valence-corrected chi connectivity index (χ4v) is 5.89. The van der Waals surface area contributed by atoms with Crippen molar-refractivity contribution in [2.45, 2.75) is 29.1 Å². The van der Waals surface area contributed by atoms with Crippen LogP contribution in [0.15, 0.2) is 50.4 Å². The topological polar surface area (TPSA) is 76.3 Å². The van der Waals surface area contributed by atoms with Crippen molar-refractivity contribution in [3.05, 3.63) is 53.2 Å². The van der Waals surface area contributed by atoms with Gasteiger partial charge in [-0.2, -0.15) is 17.5 Å². The Kier molecular flexibility index (Phi) is 5.21. The molecule has 4 rings (SSSR count). The number of halogens is 3. The van der Waals surface area contributed by atoms with Crippen molar-refractivity contribution in [1.29, 1.82) is 0 Å². The van der Waals surface area contributed by atoms with Crippen LogP contribution in [0.5, 0.6) is 0 Å². The Balaban J connectivity index is 1.52. The molecule has 0 N–H and O–H groups in total. The molecule has 1 unspecified atom stereocenters. The second-order valence-electron chi connectivity index (χ2n) is 6.65. The first-order valence-electron chi connectivity index (χ1n) is 8.80. The summed E-state index contributed by atoms with van der Waals surface area (Å²) in [4.78, 5) is 0. The number of hydrogen-bond acceptors (Lipinski definition) is 6. The average molecular weight is 443 g/mol. The monoisotopic (exact) mass is 443 g/mol. The summed E-state index contributed by atoms with van der Waals surface area (Å²) >= 11 is 1.16. The molecule has 1 saturated heterocycles. The summed E-state index contributed by atoms with van der Waals surface area (Å²) in [6.45, 7) is 0.630. The van der Waals surface area contributed by atoms with E-state index in [9.17, 15) is 21.6 Å². The lowest BCUT2D eigenvalue weighted by atomic mass is 10.00. The van der Waals surface area contributed by atoms with E-state index in [4.69, 9.17) is 4.42 Å². The zero-order valence-corrected chi connectivity index (χ0v) is 16.6. The summed E-state index contributed by atoms with van der Waals surface area (Å²) in [5.74, 6) is 0.118. The minimum absolute atomic E-state index is 0.104. The molecule has 1 aromatic carbocycles. The van der Waals surface area contributed by atoms with E-state index in [0.717, 1.165) is 23.5 Å². The van der Waals surface area contributed by atoms with Crippen LogP contribution < -0.4 is 0 Å². The zero-order chi connectivity index (χ0) is 20.6. The van der Waals surface area contributed by atoms with Crippen molar-refractivity contribution in [3.8, 4) is 11.5 Å². The molecule has 6 nitrogen and oxygen atoms in total. The van der Waals surface area contributed by atoms with Crippen molar-refractivity contribution in [2.24, 2.45) is 0 Å². The first-order valence-corrected chi connectivity index (χ1v) is 11.1. The molecule has 0 bridgehead atoms. The molecule has 2 aromatic heterocycles. The van der Waals surface area contributed by atoms with Gasteiger partial charge in [0.2, 0.25) is 11.8 Å². The van der Waals surface area contributed by atoms with Crippen molar-refractivity contribution >= 4 is 21.4 Å². The van der Waals surface area contributed by atoms with Gasteiger partial charge in [-0.05, 0) is 48.6 Å². The molecule has 0 amide bonds. The van der Waals surface area contributed by atoms with E-state index in [1.165, 1.54) is 16.4 Å². The third kappa shape index (κ3) is 4.07. The van der Waals surface area contributed by atoms with E-state index in [1.807, 2.05) is 0 Å². The molecule has 11 heteroatoms. The Morgan fingerprint density at radius 1 is 1.14 bits per heavy atom. The van der Waals surface area contributed by atoms with Crippen LogP contribution in [0.1, 0.15) is 30.2 Å².